The lowest BCUT2D eigenvalue weighted by Gasteiger charge is -2.26. The number of nitrogens with zero attached hydrogens (tertiary/aromatic N) is 1. The van der Waals surface area contributed by atoms with Crippen LogP contribution in [0.5, 0.6) is 0 Å². The molecule has 2 aliphatic rings. The van der Waals surface area contributed by atoms with E-state index in [1.807, 2.05) is 109 Å². The quantitative estimate of drug-likeness (QED) is 0.0896. The summed E-state index contributed by atoms with van der Waals surface area (Å²) in [7, 11) is 0. The van der Waals surface area contributed by atoms with Crippen molar-refractivity contribution in [3.05, 3.63) is 144 Å². The van der Waals surface area contributed by atoms with Gasteiger partial charge >= 0.3 is 12.1 Å². The number of rotatable bonds is 11. The van der Waals surface area contributed by atoms with Gasteiger partial charge in [-0.2, -0.15) is 0 Å². The van der Waals surface area contributed by atoms with Crippen molar-refractivity contribution in [2.24, 2.45) is 5.92 Å². The zero-order chi connectivity index (χ0) is 39.6. The number of hydrogen-bond donors (Lipinski definition) is 4. The van der Waals surface area contributed by atoms with Gasteiger partial charge in [0, 0.05) is 42.5 Å². The highest BCUT2D eigenvalue weighted by atomic mass is 16.6. The molecule has 57 heavy (non-hydrogen) atoms. The molecule has 11 nitrogen and oxygen atoms in total. The van der Waals surface area contributed by atoms with Gasteiger partial charge in [0.25, 0.3) is 0 Å². The second-order valence-corrected chi connectivity index (χ2v) is 14.6. The predicted molar refractivity (Wildman–Crippen MR) is 217 cm³/mol. The van der Waals surface area contributed by atoms with Gasteiger partial charge < -0.3 is 35.1 Å². The second-order valence-electron chi connectivity index (χ2n) is 14.6. The fourth-order valence-electron chi connectivity index (χ4n) is 7.83. The summed E-state index contributed by atoms with van der Waals surface area (Å²) in [5.41, 5.74) is 7.17. The summed E-state index contributed by atoms with van der Waals surface area (Å²) in [6.45, 7) is 0.169. The lowest BCUT2D eigenvalue weighted by Crippen LogP contribution is -2.47. The number of aromatic amines is 1. The molecule has 0 saturated carbocycles. The first kappa shape index (κ1) is 39.1. The van der Waals surface area contributed by atoms with Crippen molar-refractivity contribution in [1.82, 2.24) is 20.5 Å². The van der Waals surface area contributed by atoms with Gasteiger partial charge in [0.1, 0.15) is 19.3 Å². The van der Waals surface area contributed by atoms with Gasteiger partial charge in [-0.1, -0.05) is 109 Å². The number of H-pyrrole nitrogens is 1. The molecule has 5 aromatic rings. The maximum Gasteiger partial charge on any atom is 0.407 e. The molecule has 3 amide bonds. The van der Waals surface area contributed by atoms with E-state index in [2.05, 4.69) is 27.8 Å². The molecule has 0 saturated heterocycles. The second kappa shape index (κ2) is 18.6. The van der Waals surface area contributed by atoms with E-state index in [0.29, 0.717) is 19.4 Å². The van der Waals surface area contributed by atoms with Crippen LogP contribution in [0.2, 0.25) is 0 Å². The number of nitrogens with one attached hydrogen (secondary N) is 3. The first-order chi connectivity index (χ1) is 27.9. The Kier molecular flexibility index (Phi) is 12.8. The highest BCUT2D eigenvalue weighted by Crippen LogP contribution is 2.44. The van der Waals surface area contributed by atoms with Gasteiger partial charge in [0.15, 0.2) is 0 Å². The molecule has 4 N–H and O–H groups in total. The average Bonchev–Trinajstić information content (AvgIpc) is 3.79. The number of alkyl carbamates (subject to hydrolysis) is 1. The van der Waals surface area contributed by atoms with Crippen LogP contribution in [0.4, 0.5) is 4.79 Å². The highest BCUT2D eigenvalue weighted by Gasteiger charge is 2.31. The first-order valence-corrected chi connectivity index (χ1v) is 19.6. The number of allylic oxidation sites excluding steroid dienone is 2. The molecule has 1 aromatic heterocycles. The number of aliphatic hydroxyl groups is 1. The SMILES string of the molecule is O=C(N[C@H]1CCC=CC[C@H](CC(=O)N(CCO)Cc2ccccc2)C(=O)N[C@@H](Cc2c[nH]c3ccccc23)COC1=O)OCC1c2ccccc2-c2ccccc21. The number of esters is 1. The van der Waals surface area contributed by atoms with Crippen LogP contribution >= 0.6 is 0 Å². The van der Waals surface area contributed by atoms with Gasteiger partial charge in [-0.25, -0.2) is 9.59 Å². The molecule has 4 aromatic carbocycles. The van der Waals surface area contributed by atoms with Crippen molar-refractivity contribution >= 4 is 34.8 Å². The van der Waals surface area contributed by atoms with Crippen LogP contribution in [-0.4, -0.2) is 77.3 Å². The molecule has 3 atom stereocenters. The molecule has 0 radical (unpaired) electrons. The summed E-state index contributed by atoms with van der Waals surface area (Å²) >= 11 is 0. The summed E-state index contributed by atoms with van der Waals surface area (Å²) < 4.78 is 11.6. The number of para-hydroxylation sites is 1. The van der Waals surface area contributed by atoms with Gasteiger partial charge in [-0.05, 0) is 65.1 Å². The van der Waals surface area contributed by atoms with E-state index in [9.17, 15) is 24.3 Å². The summed E-state index contributed by atoms with van der Waals surface area (Å²) in [4.78, 5) is 59.5. The lowest BCUT2D eigenvalue weighted by molar-refractivity contribution is -0.147. The molecule has 0 unspecified atom stereocenters. The fraction of sp³-hybridized carbons (Fsp3) is 0.304. The fourth-order valence-corrected chi connectivity index (χ4v) is 7.83. The number of aliphatic hydroxyl groups excluding tert-OH is 1. The van der Waals surface area contributed by atoms with E-state index >= 15 is 0 Å². The van der Waals surface area contributed by atoms with Crippen molar-refractivity contribution < 1.29 is 33.8 Å². The minimum absolute atomic E-state index is 0.0748. The highest BCUT2D eigenvalue weighted by molar-refractivity contribution is 5.87. The minimum atomic E-state index is -1.00. The molecule has 1 aliphatic heterocycles. The number of carbonyl (C=O) groups is 4. The largest absolute Gasteiger partial charge is 0.462 e. The molecule has 7 rings (SSSR count). The van der Waals surface area contributed by atoms with Crippen LogP contribution < -0.4 is 10.6 Å². The Hall–Kier alpha value is -6.20. The molecule has 0 spiro atoms. The van der Waals surface area contributed by atoms with Crippen LogP contribution in [0.3, 0.4) is 0 Å². The van der Waals surface area contributed by atoms with Gasteiger partial charge in [0.05, 0.1) is 18.6 Å². The Bertz CT molecular complexity index is 2170. The third kappa shape index (κ3) is 9.61. The average molecular weight is 769 g/mol. The minimum Gasteiger partial charge on any atom is -0.462 e. The molecule has 0 fully saturated rings. The monoisotopic (exact) mass is 768 g/mol. The Morgan fingerprint density at radius 1 is 0.877 bits per heavy atom. The topological polar surface area (TPSA) is 150 Å². The molecule has 11 heteroatoms. The van der Waals surface area contributed by atoms with E-state index < -0.39 is 30.1 Å². The Labute approximate surface area is 332 Å². The van der Waals surface area contributed by atoms with Crippen molar-refractivity contribution in [2.45, 2.75) is 56.7 Å². The summed E-state index contributed by atoms with van der Waals surface area (Å²) in [5.74, 6) is -2.09. The van der Waals surface area contributed by atoms with E-state index in [1.165, 1.54) is 0 Å². The molecule has 1 aliphatic carbocycles. The normalized spacial score (nSPS) is 18.6. The molecular weight excluding hydrogens is 721 g/mol. The summed E-state index contributed by atoms with van der Waals surface area (Å²) in [6.07, 6.45) is 6.01. The van der Waals surface area contributed by atoms with Crippen LogP contribution in [-0.2, 0) is 36.8 Å². The van der Waals surface area contributed by atoms with Gasteiger partial charge in [0.2, 0.25) is 11.8 Å². The number of amides is 3. The maximum absolute atomic E-state index is 14.0. The number of benzene rings is 4. The Morgan fingerprint density at radius 2 is 1.58 bits per heavy atom. The Morgan fingerprint density at radius 3 is 2.33 bits per heavy atom. The summed E-state index contributed by atoms with van der Waals surface area (Å²) in [5, 5.41) is 16.6. The zero-order valence-electron chi connectivity index (χ0n) is 31.8. The number of fused-ring (bicyclic) bond motifs is 4. The third-order valence-corrected chi connectivity index (χ3v) is 10.8. The summed E-state index contributed by atoms with van der Waals surface area (Å²) in [6, 6.07) is 31.8. The van der Waals surface area contributed by atoms with Crippen LogP contribution in [0.15, 0.2) is 121 Å². The van der Waals surface area contributed by atoms with Crippen LogP contribution in [0, 0.1) is 5.92 Å². The predicted octanol–water partition coefficient (Wildman–Crippen LogP) is 6.41. The molecule has 0 bridgehead atoms. The first-order valence-electron chi connectivity index (χ1n) is 19.6. The Balaban J connectivity index is 1.06. The van der Waals surface area contributed by atoms with Gasteiger partial charge in [-0.15, -0.1) is 0 Å². The number of ether oxygens (including phenoxy) is 2. The van der Waals surface area contributed by atoms with E-state index in [-0.39, 0.29) is 63.4 Å². The van der Waals surface area contributed by atoms with E-state index in [0.717, 1.165) is 44.3 Å². The standard InChI is InChI=1S/C46H48N4O7/c51-24-23-50(28-31-13-3-1-4-14-31)43(52)26-32-15-5-2-6-22-42(45(54)56-29-34(48-44(32)53)25-33-27-47-41-21-12-11-16-35(33)41)49-46(55)57-30-40-38-19-9-7-17-36(38)37-18-8-10-20-39(37)40/h1-5,7-14,16-21,27,32,34,40,42,47,51H,6,15,22-26,28-30H2,(H,48,53)(H,49,55)/t32-,34+,42+/m1/s1. The number of hydrogen-bond acceptors (Lipinski definition) is 7. The van der Waals surface area contributed by atoms with E-state index in [1.54, 1.807) is 4.90 Å². The number of carbonyl (C=O) groups excluding carboxylic acids is 4. The lowest BCUT2D eigenvalue weighted by atomic mass is 9.97. The van der Waals surface area contributed by atoms with Crippen LogP contribution in [0.1, 0.15) is 53.9 Å². The number of aromatic nitrogens is 1. The van der Waals surface area contributed by atoms with Crippen molar-refractivity contribution in [2.75, 3.05) is 26.4 Å². The van der Waals surface area contributed by atoms with Crippen molar-refractivity contribution in [3.8, 4) is 11.1 Å². The van der Waals surface area contributed by atoms with Crippen molar-refractivity contribution in [1.29, 1.82) is 0 Å². The zero-order valence-corrected chi connectivity index (χ0v) is 31.8. The molecule has 294 valence electrons. The van der Waals surface area contributed by atoms with Crippen molar-refractivity contribution in [3.63, 3.8) is 0 Å². The smallest absolute Gasteiger partial charge is 0.407 e. The third-order valence-electron chi connectivity index (χ3n) is 10.8. The van der Waals surface area contributed by atoms with Crippen LogP contribution in [0.25, 0.3) is 22.0 Å². The molecule has 2 heterocycles. The molecular formula is C46H48N4O7. The van der Waals surface area contributed by atoms with E-state index in [4.69, 9.17) is 9.47 Å². The maximum atomic E-state index is 14.0. The number of cyclic esters (lactones) is 1. The van der Waals surface area contributed by atoms with Gasteiger partial charge in [-0.3, -0.25) is 9.59 Å².